The number of carbonyl (C=O) groups excluding carboxylic acids is 2. The molecule has 1 saturated carbocycles. The summed E-state index contributed by atoms with van der Waals surface area (Å²) in [5, 5.41) is 0. The highest BCUT2D eigenvalue weighted by atomic mass is 16.6. The molecule has 226 valence electrons. The van der Waals surface area contributed by atoms with Crippen molar-refractivity contribution in [2.24, 2.45) is 5.41 Å². The van der Waals surface area contributed by atoms with Gasteiger partial charge in [0.2, 0.25) is 5.91 Å². The number of fused-ring (bicyclic) bond motifs is 1. The van der Waals surface area contributed by atoms with Gasteiger partial charge in [0.1, 0.15) is 5.60 Å². The molecule has 0 N–H and O–H groups in total. The first-order chi connectivity index (χ1) is 20.0. The van der Waals surface area contributed by atoms with E-state index in [1.807, 2.05) is 25.7 Å². The summed E-state index contributed by atoms with van der Waals surface area (Å²) in [5.74, 6) is 0.674. The third-order valence-electron chi connectivity index (χ3n) is 10.3. The third-order valence-corrected chi connectivity index (χ3v) is 10.3. The van der Waals surface area contributed by atoms with E-state index in [0.29, 0.717) is 18.5 Å². The van der Waals surface area contributed by atoms with Crippen LogP contribution in [0.2, 0.25) is 0 Å². The Hall–Kier alpha value is -2.86. The summed E-state index contributed by atoms with van der Waals surface area (Å²) in [6, 6.07) is 18.3. The van der Waals surface area contributed by atoms with Crippen molar-refractivity contribution < 1.29 is 14.3 Å². The van der Waals surface area contributed by atoms with Gasteiger partial charge >= 0.3 is 6.09 Å². The summed E-state index contributed by atoms with van der Waals surface area (Å²) in [5.41, 5.74) is 5.28. The van der Waals surface area contributed by atoms with Crippen LogP contribution in [0.5, 0.6) is 0 Å². The molecule has 2 aromatic carbocycles. The number of piperidine rings is 1. The number of ether oxygens (including phenoxy) is 1. The molecule has 2 heterocycles. The molecule has 6 nitrogen and oxygen atoms in total. The predicted octanol–water partition coefficient (Wildman–Crippen LogP) is 7.25. The quantitative estimate of drug-likeness (QED) is 0.388. The fraction of sp³-hybridized carbons (Fsp3) is 0.611. The van der Waals surface area contributed by atoms with Crippen LogP contribution in [0.25, 0.3) is 0 Å². The summed E-state index contributed by atoms with van der Waals surface area (Å²) in [6.45, 7) is 13.1. The summed E-state index contributed by atoms with van der Waals surface area (Å²) in [6.07, 6.45) is 7.27. The van der Waals surface area contributed by atoms with Crippen LogP contribution in [-0.4, -0.2) is 64.5 Å². The van der Waals surface area contributed by atoms with Gasteiger partial charge in [0.15, 0.2) is 0 Å². The predicted molar refractivity (Wildman–Crippen MR) is 166 cm³/mol. The van der Waals surface area contributed by atoms with Crippen molar-refractivity contribution in [3.8, 4) is 0 Å². The van der Waals surface area contributed by atoms with Crippen LogP contribution in [-0.2, 0) is 16.0 Å². The second kappa shape index (κ2) is 11.3. The van der Waals surface area contributed by atoms with E-state index in [1.54, 1.807) is 0 Å². The maximum atomic E-state index is 14.2. The molecule has 3 fully saturated rings. The van der Waals surface area contributed by atoms with E-state index in [9.17, 15) is 9.59 Å². The van der Waals surface area contributed by atoms with Crippen molar-refractivity contribution in [2.75, 3.05) is 26.2 Å². The van der Waals surface area contributed by atoms with Gasteiger partial charge in [-0.05, 0) is 99.3 Å². The Morgan fingerprint density at radius 1 is 0.952 bits per heavy atom. The number of benzene rings is 2. The van der Waals surface area contributed by atoms with Gasteiger partial charge in [0.25, 0.3) is 0 Å². The van der Waals surface area contributed by atoms with E-state index in [4.69, 9.17) is 4.74 Å². The van der Waals surface area contributed by atoms with Gasteiger partial charge in [0, 0.05) is 31.7 Å². The molecule has 1 spiro atoms. The fourth-order valence-corrected chi connectivity index (χ4v) is 8.23. The SMILES string of the molecule is CC(C)c1ccccc1C1CN(C2CCCc3ccccc32)CC(=O)N1C1CC2(CCN(C(=O)OC(C)(C)C)CC2)C1. The molecule has 0 aromatic heterocycles. The summed E-state index contributed by atoms with van der Waals surface area (Å²) >= 11 is 0. The smallest absolute Gasteiger partial charge is 0.410 e. The number of nitrogens with zero attached hydrogens (tertiary/aromatic N) is 3. The molecule has 0 radical (unpaired) electrons. The van der Waals surface area contributed by atoms with Gasteiger partial charge in [-0.2, -0.15) is 0 Å². The Bertz CT molecular complexity index is 1300. The molecule has 4 aliphatic rings. The lowest BCUT2D eigenvalue weighted by Gasteiger charge is -2.58. The third kappa shape index (κ3) is 5.71. The Morgan fingerprint density at radius 3 is 2.31 bits per heavy atom. The van der Waals surface area contributed by atoms with Crippen LogP contribution in [0.15, 0.2) is 48.5 Å². The van der Waals surface area contributed by atoms with Crippen molar-refractivity contribution in [3.05, 3.63) is 70.8 Å². The van der Waals surface area contributed by atoms with Crippen LogP contribution in [0.4, 0.5) is 4.79 Å². The highest BCUT2D eigenvalue weighted by Crippen LogP contribution is 2.53. The summed E-state index contributed by atoms with van der Waals surface area (Å²) in [7, 11) is 0. The van der Waals surface area contributed by atoms with Crippen LogP contribution >= 0.6 is 0 Å². The van der Waals surface area contributed by atoms with Gasteiger partial charge in [-0.25, -0.2) is 4.79 Å². The Labute approximate surface area is 252 Å². The highest BCUT2D eigenvalue weighted by molar-refractivity contribution is 5.80. The van der Waals surface area contributed by atoms with E-state index >= 15 is 0 Å². The lowest BCUT2D eigenvalue weighted by molar-refractivity contribution is -0.155. The lowest BCUT2D eigenvalue weighted by atomic mass is 9.59. The average molecular weight is 572 g/mol. The summed E-state index contributed by atoms with van der Waals surface area (Å²) in [4.78, 5) is 33.5. The van der Waals surface area contributed by atoms with Gasteiger partial charge in [-0.1, -0.05) is 62.4 Å². The average Bonchev–Trinajstić information content (AvgIpc) is 2.94. The molecule has 42 heavy (non-hydrogen) atoms. The van der Waals surface area contributed by atoms with Crippen LogP contribution in [0.1, 0.15) is 113 Å². The van der Waals surface area contributed by atoms with Crippen molar-refractivity contribution in [1.82, 2.24) is 14.7 Å². The first kappa shape index (κ1) is 29.2. The Kier molecular flexibility index (Phi) is 7.88. The first-order valence-corrected chi connectivity index (χ1v) is 16.2. The zero-order chi connectivity index (χ0) is 29.6. The standard InChI is InChI=1S/C36H49N3O3/c1-25(2)28-13-8-9-15-30(28)32-23-38(31-16-10-12-26-11-6-7-14-29(26)31)24-33(40)39(32)27-21-36(22-27)17-19-37(20-18-36)34(41)42-35(3,4)5/h6-9,11,13-15,25,27,31-32H,10,12,16-24H2,1-5H3. The molecule has 2 atom stereocenters. The van der Waals surface area contributed by atoms with Crippen LogP contribution in [0.3, 0.4) is 0 Å². The molecule has 0 bridgehead atoms. The molecule has 6 rings (SSSR count). The first-order valence-electron chi connectivity index (χ1n) is 16.2. The fourth-order valence-electron chi connectivity index (χ4n) is 8.23. The molecule has 2 aliphatic heterocycles. The number of likely N-dealkylation sites (tertiary alicyclic amines) is 1. The zero-order valence-electron chi connectivity index (χ0n) is 26.3. The van der Waals surface area contributed by atoms with Crippen molar-refractivity contribution >= 4 is 12.0 Å². The van der Waals surface area contributed by atoms with E-state index in [-0.39, 0.29) is 29.5 Å². The lowest BCUT2D eigenvalue weighted by Crippen LogP contribution is -2.62. The van der Waals surface area contributed by atoms with E-state index in [1.165, 1.54) is 28.7 Å². The topological polar surface area (TPSA) is 53.1 Å². The van der Waals surface area contributed by atoms with Crippen molar-refractivity contribution in [1.29, 1.82) is 0 Å². The number of piperazine rings is 1. The van der Waals surface area contributed by atoms with Gasteiger partial charge in [-0.15, -0.1) is 0 Å². The zero-order valence-corrected chi connectivity index (χ0v) is 26.3. The number of hydrogen-bond acceptors (Lipinski definition) is 4. The minimum absolute atomic E-state index is 0.0585. The maximum absolute atomic E-state index is 14.2. The van der Waals surface area contributed by atoms with Crippen molar-refractivity contribution in [3.63, 3.8) is 0 Å². The van der Waals surface area contributed by atoms with Crippen molar-refractivity contribution in [2.45, 2.75) is 109 Å². The number of hydrogen-bond donors (Lipinski definition) is 0. The van der Waals surface area contributed by atoms with E-state index < -0.39 is 5.60 Å². The monoisotopic (exact) mass is 571 g/mol. The number of aryl methyl sites for hydroxylation is 1. The minimum Gasteiger partial charge on any atom is -0.444 e. The van der Waals surface area contributed by atoms with Gasteiger partial charge in [0.05, 0.1) is 12.6 Å². The second-order valence-electron chi connectivity index (χ2n) is 14.7. The molecular formula is C36H49N3O3. The highest BCUT2D eigenvalue weighted by Gasteiger charge is 2.52. The number of amides is 2. The number of carbonyl (C=O) groups is 2. The molecular weight excluding hydrogens is 522 g/mol. The molecule has 2 saturated heterocycles. The molecule has 6 heteroatoms. The second-order valence-corrected chi connectivity index (χ2v) is 14.7. The molecule has 2 aromatic rings. The van der Waals surface area contributed by atoms with Gasteiger partial charge < -0.3 is 14.5 Å². The van der Waals surface area contributed by atoms with Crippen LogP contribution in [0, 0.1) is 5.41 Å². The molecule has 2 amide bonds. The van der Waals surface area contributed by atoms with E-state index in [2.05, 4.69) is 72.2 Å². The minimum atomic E-state index is -0.475. The summed E-state index contributed by atoms with van der Waals surface area (Å²) < 4.78 is 5.63. The molecule has 2 unspecified atom stereocenters. The normalized spacial score (nSPS) is 25.0. The maximum Gasteiger partial charge on any atom is 0.410 e. The van der Waals surface area contributed by atoms with Gasteiger partial charge in [-0.3, -0.25) is 9.69 Å². The Morgan fingerprint density at radius 2 is 1.62 bits per heavy atom. The molecule has 2 aliphatic carbocycles. The number of rotatable bonds is 4. The van der Waals surface area contributed by atoms with E-state index in [0.717, 1.165) is 58.2 Å². The Balaban J connectivity index is 1.22. The largest absolute Gasteiger partial charge is 0.444 e. The van der Waals surface area contributed by atoms with Crippen LogP contribution < -0.4 is 0 Å².